The van der Waals surface area contributed by atoms with Crippen LogP contribution >= 0.6 is 0 Å². The van der Waals surface area contributed by atoms with Crippen LogP contribution in [0.2, 0.25) is 0 Å². The van der Waals surface area contributed by atoms with Gasteiger partial charge < -0.3 is 5.73 Å². The zero-order chi connectivity index (χ0) is 15.8. The van der Waals surface area contributed by atoms with Gasteiger partial charge in [-0.05, 0) is 49.9 Å². The van der Waals surface area contributed by atoms with Crippen molar-refractivity contribution in [2.75, 3.05) is 13.1 Å². The summed E-state index contributed by atoms with van der Waals surface area (Å²) in [4.78, 5) is 11.3. The van der Waals surface area contributed by atoms with E-state index >= 15 is 0 Å². The monoisotopic (exact) mass is 314 g/mol. The molecular formula is C14H19FN2O3S. The van der Waals surface area contributed by atoms with E-state index in [0.717, 1.165) is 0 Å². The molecule has 0 spiro atoms. The molecule has 7 heteroatoms. The van der Waals surface area contributed by atoms with Gasteiger partial charge in [-0.15, -0.1) is 0 Å². The highest BCUT2D eigenvalue weighted by atomic mass is 32.2. The van der Waals surface area contributed by atoms with Gasteiger partial charge in [-0.3, -0.25) is 4.79 Å². The molecule has 0 aromatic heterocycles. The molecule has 0 atom stereocenters. The zero-order valence-electron chi connectivity index (χ0n) is 12.1. The molecule has 1 heterocycles. The first kappa shape index (κ1) is 15.9. The summed E-state index contributed by atoms with van der Waals surface area (Å²) < 4.78 is 40.1. The number of primary amides is 1. The van der Waals surface area contributed by atoms with Crippen LogP contribution in [-0.4, -0.2) is 31.7 Å². The lowest BCUT2D eigenvalue weighted by molar-refractivity contribution is -0.122. The number of halogens is 1. The maximum Gasteiger partial charge on any atom is 0.243 e. The van der Waals surface area contributed by atoms with Crippen molar-refractivity contribution in [2.24, 2.45) is 11.7 Å². The standard InChI is InChI=1S/C14H19FN2O3S/c1-9-7-12(15)8-10(2)13(9)21(19,20)17-5-3-11(4-6-17)14(16)18/h7-8,11H,3-6H2,1-2H3,(H2,16,18). The number of carbonyl (C=O) groups excluding carboxylic acids is 1. The molecule has 1 aliphatic rings. The van der Waals surface area contributed by atoms with Gasteiger partial charge in [-0.2, -0.15) is 4.31 Å². The molecule has 1 aromatic rings. The van der Waals surface area contributed by atoms with Crippen molar-refractivity contribution in [3.05, 3.63) is 29.1 Å². The topological polar surface area (TPSA) is 80.5 Å². The van der Waals surface area contributed by atoms with Gasteiger partial charge in [0.2, 0.25) is 15.9 Å². The van der Waals surface area contributed by atoms with Gasteiger partial charge in [-0.1, -0.05) is 0 Å². The van der Waals surface area contributed by atoms with Crippen LogP contribution in [0.3, 0.4) is 0 Å². The van der Waals surface area contributed by atoms with Crippen molar-refractivity contribution in [1.82, 2.24) is 4.31 Å². The van der Waals surface area contributed by atoms with E-state index in [1.807, 2.05) is 0 Å². The Hall–Kier alpha value is -1.47. The van der Waals surface area contributed by atoms with E-state index in [9.17, 15) is 17.6 Å². The third kappa shape index (κ3) is 3.08. The molecular weight excluding hydrogens is 295 g/mol. The number of benzene rings is 1. The van der Waals surface area contributed by atoms with Crippen molar-refractivity contribution in [3.8, 4) is 0 Å². The molecule has 0 aliphatic carbocycles. The Morgan fingerprint density at radius 3 is 2.14 bits per heavy atom. The minimum absolute atomic E-state index is 0.154. The Bertz CT molecular complexity index is 642. The molecule has 1 aromatic carbocycles. The first-order valence-corrected chi connectivity index (χ1v) is 8.23. The number of carbonyl (C=O) groups is 1. The molecule has 2 rings (SSSR count). The lowest BCUT2D eigenvalue weighted by Crippen LogP contribution is -2.42. The van der Waals surface area contributed by atoms with E-state index in [0.29, 0.717) is 24.0 Å². The fourth-order valence-electron chi connectivity index (χ4n) is 2.81. The number of nitrogens with zero attached hydrogens (tertiary/aromatic N) is 1. The van der Waals surface area contributed by atoms with Crippen LogP contribution in [0.25, 0.3) is 0 Å². The summed E-state index contributed by atoms with van der Waals surface area (Å²) in [5.41, 5.74) is 6.04. The van der Waals surface area contributed by atoms with E-state index in [2.05, 4.69) is 0 Å². The van der Waals surface area contributed by atoms with E-state index in [-0.39, 0.29) is 29.8 Å². The molecule has 21 heavy (non-hydrogen) atoms. The van der Waals surface area contributed by atoms with Gasteiger partial charge in [-0.25, -0.2) is 12.8 Å². The maximum absolute atomic E-state index is 13.3. The minimum atomic E-state index is -3.67. The van der Waals surface area contributed by atoms with Crippen molar-refractivity contribution in [3.63, 3.8) is 0 Å². The van der Waals surface area contributed by atoms with E-state index in [1.54, 1.807) is 13.8 Å². The van der Waals surface area contributed by atoms with Gasteiger partial charge in [0, 0.05) is 19.0 Å². The number of sulfonamides is 1. The molecule has 1 fully saturated rings. The molecule has 5 nitrogen and oxygen atoms in total. The summed E-state index contributed by atoms with van der Waals surface area (Å²) >= 11 is 0. The largest absolute Gasteiger partial charge is 0.369 e. The Kier molecular flexibility index (Phi) is 4.34. The highest BCUT2D eigenvalue weighted by Gasteiger charge is 2.33. The second kappa shape index (κ2) is 5.73. The van der Waals surface area contributed by atoms with Crippen LogP contribution in [0.1, 0.15) is 24.0 Å². The Labute approximate surface area is 124 Å². The smallest absolute Gasteiger partial charge is 0.243 e. The second-order valence-corrected chi connectivity index (χ2v) is 7.32. The van der Waals surface area contributed by atoms with Gasteiger partial charge in [0.05, 0.1) is 4.90 Å². The summed E-state index contributed by atoms with van der Waals surface area (Å²) in [6.45, 7) is 3.68. The second-order valence-electron chi connectivity index (χ2n) is 5.45. The quantitative estimate of drug-likeness (QED) is 0.914. The lowest BCUT2D eigenvalue weighted by Gasteiger charge is -2.30. The molecule has 1 aliphatic heterocycles. The molecule has 0 radical (unpaired) electrons. The van der Waals surface area contributed by atoms with Crippen molar-refractivity contribution >= 4 is 15.9 Å². The Balaban J connectivity index is 2.30. The van der Waals surface area contributed by atoms with Crippen LogP contribution in [0, 0.1) is 25.6 Å². The molecule has 0 unspecified atom stereocenters. The van der Waals surface area contributed by atoms with Crippen molar-refractivity contribution in [1.29, 1.82) is 0 Å². The number of amides is 1. The number of hydrogen-bond donors (Lipinski definition) is 1. The number of hydrogen-bond acceptors (Lipinski definition) is 3. The summed E-state index contributed by atoms with van der Waals surface area (Å²) in [5.74, 6) is -1.11. The highest BCUT2D eigenvalue weighted by Crippen LogP contribution is 2.28. The van der Waals surface area contributed by atoms with E-state index in [1.165, 1.54) is 16.4 Å². The summed E-state index contributed by atoms with van der Waals surface area (Å²) in [7, 11) is -3.67. The molecule has 2 N–H and O–H groups in total. The normalized spacial score (nSPS) is 17.9. The van der Waals surface area contributed by atoms with Gasteiger partial charge >= 0.3 is 0 Å². The van der Waals surface area contributed by atoms with Gasteiger partial charge in [0.1, 0.15) is 5.82 Å². The molecule has 1 saturated heterocycles. The molecule has 116 valence electrons. The van der Waals surface area contributed by atoms with E-state index < -0.39 is 15.8 Å². The highest BCUT2D eigenvalue weighted by molar-refractivity contribution is 7.89. The fourth-order valence-corrected chi connectivity index (χ4v) is 4.70. The van der Waals surface area contributed by atoms with E-state index in [4.69, 9.17) is 5.73 Å². The summed E-state index contributed by atoms with van der Waals surface area (Å²) in [6.07, 6.45) is 0.849. The van der Waals surface area contributed by atoms with Crippen LogP contribution in [-0.2, 0) is 14.8 Å². The third-order valence-corrected chi connectivity index (χ3v) is 6.08. The molecule has 0 saturated carbocycles. The number of rotatable bonds is 3. The Morgan fingerprint density at radius 1 is 1.24 bits per heavy atom. The zero-order valence-corrected chi connectivity index (χ0v) is 12.9. The SMILES string of the molecule is Cc1cc(F)cc(C)c1S(=O)(=O)N1CCC(C(N)=O)CC1. The number of aryl methyl sites for hydroxylation is 2. The van der Waals surface area contributed by atoms with Crippen LogP contribution in [0.4, 0.5) is 4.39 Å². The predicted molar refractivity (Wildman–Crippen MR) is 76.6 cm³/mol. The predicted octanol–water partition coefficient (Wildman–Crippen LogP) is 1.33. The van der Waals surface area contributed by atoms with Crippen molar-refractivity contribution in [2.45, 2.75) is 31.6 Å². The van der Waals surface area contributed by atoms with Crippen LogP contribution < -0.4 is 5.73 Å². The van der Waals surface area contributed by atoms with Gasteiger partial charge in [0.15, 0.2) is 0 Å². The Morgan fingerprint density at radius 2 is 1.71 bits per heavy atom. The summed E-state index contributed by atoms with van der Waals surface area (Å²) in [6, 6.07) is 2.44. The summed E-state index contributed by atoms with van der Waals surface area (Å²) in [5, 5.41) is 0. The lowest BCUT2D eigenvalue weighted by atomic mass is 9.98. The third-order valence-electron chi connectivity index (χ3n) is 3.88. The van der Waals surface area contributed by atoms with Crippen LogP contribution in [0.15, 0.2) is 17.0 Å². The molecule has 1 amide bonds. The van der Waals surface area contributed by atoms with Crippen LogP contribution in [0.5, 0.6) is 0 Å². The van der Waals surface area contributed by atoms with Crippen molar-refractivity contribution < 1.29 is 17.6 Å². The average Bonchev–Trinajstić information content (AvgIpc) is 2.37. The fraction of sp³-hybridized carbons (Fsp3) is 0.500. The number of piperidine rings is 1. The van der Waals surface area contributed by atoms with Gasteiger partial charge in [0.25, 0.3) is 0 Å². The first-order valence-electron chi connectivity index (χ1n) is 6.79. The maximum atomic E-state index is 13.3. The number of nitrogens with two attached hydrogens (primary N) is 1. The average molecular weight is 314 g/mol. The first-order chi connectivity index (χ1) is 9.73. The molecule has 0 bridgehead atoms. The minimum Gasteiger partial charge on any atom is -0.369 e.